The number of hydrogen-bond donors (Lipinski definition) is 0. The molecule has 0 bridgehead atoms. The van der Waals surface area contributed by atoms with Crippen molar-refractivity contribution in [1.82, 2.24) is 0 Å². The minimum absolute atomic E-state index is 0.0340. The van der Waals surface area contributed by atoms with Crippen LogP contribution in [0.2, 0.25) is 0 Å². The number of rotatable bonds is 2. The van der Waals surface area contributed by atoms with Crippen molar-refractivity contribution in [3.05, 3.63) is 0 Å². The van der Waals surface area contributed by atoms with Crippen LogP contribution in [0.15, 0.2) is 0 Å². The van der Waals surface area contributed by atoms with Gasteiger partial charge in [0.25, 0.3) is 0 Å². The molecular formula is C14H18O3. The second-order valence-corrected chi connectivity index (χ2v) is 6.26. The number of Topliss-reactive ketones (excluding diaryl/α,β-unsaturated/α-hetero) is 1. The average Bonchev–Trinajstić information content (AvgIpc) is 2.58. The summed E-state index contributed by atoms with van der Waals surface area (Å²) in [6, 6.07) is 0. The zero-order valence-electron chi connectivity index (χ0n) is 10.2. The Morgan fingerprint density at radius 2 is 2.29 bits per heavy atom. The van der Waals surface area contributed by atoms with Gasteiger partial charge in [0.15, 0.2) is 0 Å². The van der Waals surface area contributed by atoms with Crippen molar-refractivity contribution in [1.29, 1.82) is 0 Å². The molecule has 0 N–H and O–H groups in total. The van der Waals surface area contributed by atoms with Gasteiger partial charge < -0.3 is 4.74 Å². The summed E-state index contributed by atoms with van der Waals surface area (Å²) in [4.78, 5) is 24.2. The third-order valence-corrected chi connectivity index (χ3v) is 6.18. The summed E-state index contributed by atoms with van der Waals surface area (Å²) in [5.41, 5.74) is 0.189. The summed E-state index contributed by atoms with van der Waals surface area (Å²) in [6.07, 6.45) is 5.07. The van der Waals surface area contributed by atoms with E-state index < -0.39 is 0 Å². The molecule has 3 heteroatoms. The van der Waals surface area contributed by atoms with Crippen LogP contribution in [0.3, 0.4) is 0 Å². The highest BCUT2D eigenvalue weighted by Crippen LogP contribution is 2.91. The van der Waals surface area contributed by atoms with Gasteiger partial charge in [-0.05, 0) is 43.4 Å². The van der Waals surface area contributed by atoms with Gasteiger partial charge >= 0.3 is 5.97 Å². The molecule has 0 aromatic rings. The highest BCUT2D eigenvalue weighted by atomic mass is 16.5. The summed E-state index contributed by atoms with van der Waals surface area (Å²) in [5.74, 6) is 1.32. The maximum Gasteiger partial charge on any atom is 0.309 e. The van der Waals surface area contributed by atoms with E-state index in [-0.39, 0.29) is 22.7 Å². The number of carbonyl (C=O) groups excluding carboxylic acids is 2. The molecule has 4 aliphatic rings. The first-order chi connectivity index (χ1) is 8.18. The third-order valence-electron chi connectivity index (χ3n) is 6.18. The van der Waals surface area contributed by atoms with Crippen molar-refractivity contribution < 1.29 is 14.3 Å². The molecule has 4 aliphatic carbocycles. The van der Waals surface area contributed by atoms with Gasteiger partial charge in [0.1, 0.15) is 5.78 Å². The highest BCUT2D eigenvalue weighted by Gasteiger charge is 2.91. The lowest BCUT2D eigenvalue weighted by atomic mass is 9.88. The van der Waals surface area contributed by atoms with E-state index in [9.17, 15) is 9.59 Å². The molecular weight excluding hydrogens is 216 g/mol. The molecule has 0 saturated heterocycles. The Morgan fingerprint density at radius 3 is 3.00 bits per heavy atom. The topological polar surface area (TPSA) is 43.4 Å². The lowest BCUT2D eigenvalue weighted by Gasteiger charge is -2.16. The van der Waals surface area contributed by atoms with E-state index in [0.29, 0.717) is 24.2 Å². The van der Waals surface area contributed by atoms with Crippen LogP contribution in [0.25, 0.3) is 0 Å². The lowest BCUT2D eigenvalue weighted by Crippen LogP contribution is -2.23. The van der Waals surface area contributed by atoms with Crippen LogP contribution >= 0.6 is 0 Å². The fourth-order valence-corrected chi connectivity index (χ4v) is 5.99. The van der Waals surface area contributed by atoms with E-state index in [0.717, 1.165) is 19.3 Å². The van der Waals surface area contributed by atoms with E-state index in [4.69, 9.17) is 4.74 Å². The van der Waals surface area contributed by atoms with Crippen molar-refractivity contribution in [2.75, 3.05) is 6.61 Å². The lowest BCUT2D eigenvalue weighted by molar-refractivity contribution is -0.149. The van der Waals surface area contributed by atoms with Crippen LogP contribution in [0.5, 0.6) is 0 Å². The zero-order chi connectivity index (χ0) is 11.8. The quantitative estimate of drug-likeness (QED) is 0.686. The molecule has 17 heavy (non-hydrogen) atoms. The molecule has 0 amide bonds. The fourth-order valence-electron chi connectivity index (χ4n) is 5.99. The molecule has 0 radical (unpaired) electrons. The van der Waals surface area contributed by atoms with E-state index in [1.165, 1.54) is 12.8 Å². The van der Waals surface area contributed by atoms with E-state index in [1.54, 1.807) is 0 Å². The van der Waals surface area contributed by atoms with Crippen molar-refractivity contribution in [2.24, 2.45) is 28.6 Å². The molecule has 0 aliphatic heterocycles. The smallest absolute Gasteiger partial charge is 0.309 e. The predicted octanol–water partition coefficient (Wildman–Crippen LogP) is 1.94. The molecule has 3 nitrogen and oxygen atoms in total. The van der Waals surface area contributed by atoms with Gasteiger partial charge in [-0.2, -0.15) is 0 Å². The summed E-state index contributed by atoms with van der Waals surface area (Å²) in [7, 11) is 0. The Morgan fingerprint density at radius 1 is 1.47 bits per heavy atom. The fraction of sp³-hybridized carbons (Fsp3) is 0.857. The van der Waals surface area contributed by atoms with Crippen LogP contribution < -0.4 is 0 Å². The van der Waals surface area contributed by atoms with Gasteiger partial charge in [-0.25, -0.2) is 0 Å². The summed E-state index contributed by atoms with van der Waals surface area (Å²) >= 11 is 0. The number of ketones is 1. The maximum atomic E-state index is 12.2. The summed E-state index contributed by atoms with van der Waals surface area (Å²) < 4.78 is 5.19. The largest absolute Gasteiger partial charge is 0.466 e. The first kappa shape index (κ1) is 10.1. The SMILES string of the molecule is CCOC(=O)[C@H]1CC2CC(=O)[C@@]34CCC[C@@]23C14. The van der Waals surface area contributed by atoms with Gasteiger partial charge in [0.05, 0.1) is 12.5 Å². The molecule has 0 aromatic heterocycles. The Hall–Kier alpha value is -0.860. The molecule has 4 rings (SSSR count). The maximum absolute atomic E-state index is 12.2. The average molecular weight is 234 g/mol. The van der Waals surface area contributed by atoms with Crippen molar-refractivity contribution in [3.8, 4) is 0 Å². The van der Waals surface area contributed by atoms with Crippen LogP contribution in [-0.2, 0) is 14.3 Å². The predicted molar refractivity (Wildman–Crippen MR) is 60.1 cm³/mol. The standard InChI is InChI=1S/C14H18O3/c1-2-17-12(16)9-6-8-7-10(15)14-5-3-4-13(8,14)11(9)14/h8-9,11H,2-7H2,1H3/t8?,9-,11?,13-,14+/m0/s1. The molecule has 92 valence electrons. The number of carbonyl (C=O) groups is 2. The molecule has 2 unspecified atom stereocenters. The highest BCUT2D eigenvalue weighted by molar-refractivity contribution is 5.96. The van der Waals surface area contributed by atoms with Crippen LogP contribution in [0.1, 0.15) is 39.0 Å². The van der Waals surface area contributed by atoms with Crippen LogP contribution in [0.4, 0.5) is 0 Å². The zero-order valence-corrected chi connectivity index (χ0v) is 10.2. The number of hydrogen-bond acceptors (Lipinski definition) is 3. The number of ether oxygens (including phenoxy) is 1. The van der Waals surface area contributed by atoms with Gasteiger partial charge in [0, 0.05) is 11.8 Å². The Bertz CT molecular complexity index is 429. The Labute approximate surface area is 101 Å². The summed E-state index contributed by atoms with van der Waals surface area (Å²) in [5, 5.41) is 0. The van der Waals surface area contributed by atoms with Gasteiger partial charge in [-0.15, -0.1) is 0 Å². The van der Waals surface area contributed by atoms with E-state index in [2.05, 4.69) is 0 Å². The normalized spacial score (nSPS) is 53.5. The van der Waals surface area contributed by atoms with Gasteiger partial charge in [-0.1, -0.05) is 6.42 Å². The molecule has 0 heterocycles. The van der Waals surface area contributed by atoms with Crippen molar-refractivity contribution in [2.45, 2.75) is 39.0 Å². The second-order valence-electron chi connectivity index (χ2n) is 6.26. The van der Waals surface area contributed by atoms with Crippen LogP contribution in [-0.4, -0.2) is 18.4 Å². The monoisotopic (exact) mass is 234 g/mol. The second kappa shape index (κ2) is 2.76. The van der Waals surface area contributed by atoms with Gasteiger partial charge in [0.2, 0.25) is 0 Å². The number of esters is 1. The van der Waals surface area contributed by atoms with Crippen LogP contribution in [0, 0.1) is 28.6 Å². The molecule has 0 aromatic carbocycles. The molecule has 4 saturated carbocycles. The minimum Gasteiger partial charge on any atom is -0.466 e. The van der Waals surface area contributed by atoms with E-state index in [1.807, 2.05) is 6.92 Å². The first-order valence-corrected chi connectivity index (χ1v) is 6.88. The third kappa shape index (κ3) is 0.801. The molecule has 5 atom stereocenters. The minimum atomic E-state index is -0.0622. The van der Waals surface area contributed by atoms with Crippen molar-refractivity contribution >= 4 is 11.8 Å². The first-order valence-electron chi connectivity index (χ1n) is 6.88. The summed E-state index contributed by atoms with van der Waals surface area (Å²) in [6.45, 7) is 2.31. The molecule has 1 spiro atoms. The molecule has 4 fully saturated rings. The Kier molecular flexibility index (Phi) is 1.64. The van der Waals surface area contributed by atoms with Gasteiger partial charge in [-0.3, -0.25) is 9.59 Å². The van der Waals surface area contributed by atoms with E-state index >= 15 is 0 Å². The van der Waals surface area contributed by atoms with Crippen molar-refractivity contribution in [3.63, 3.8) is 0 Å². The Balaban J connectivity index is 1.71.